The van der Waals surface area contributed by atoms with Crippen molar-refractivity contribution in [2.24, 2.45) is 5.92 Å². The van der Waals surface area contributed by atoms with E-state index in [1.54, 1.807) is 44.3 Å². The maximum Gasteiger partial charge on any atom is 0.410 e. The number of benzene rings is 2. The number of rotatable bonds is 28. The maximum absolute atomic E-state index is 13.0. The van der Waals surface area contributed by atoms with Gasteiger partial charge in [0.25, 0.3) is 18.2 Å². The zero-order valence-corrected chi connectivity index (χ0v) is 35.1. The highest BCUT2D eigenvalue weighted by Gasteiger charge is 2.38. The van der Waals surface area contributed by atoms with Crippen LogP contribution in [0, 0.1) is 5.92 Å². The van der Waals surface area contributed by atoms with Crippen LogP contribution in [0.4, 0.5) is 4.79 Å². The molecule has 3 rings (SSSR count). The zero-order chi connectivity index (χ0) is 43.9. The fourth-order valence-corrected chi connectivity index (χ4v) is 6.00. The number of nitrogens with one attached hydrogen (secondary N) is 3. The molecule has 0 aromatic heterocycles. The Morgan fingerprint density at radius 1 is 0.950 bits per heavy atom. The van der Waals surface area contributed by atoms with Crippen molar-refractivity contribution in [1.29, 1.82) is 0 Å². The van der Waals surface area contributed by atoms with Crippen LogP contribution >= 0.6 is 12.3 Å². The van der Waals surface area contributed by atoms with Gasteiger partial charge in [-0.25, -0.2) is 4.79 Å². The Bertz CT molecular complexity index is 1620. The third-order valence-electron chi connectivity index (χ3n) is 8.71. The lowest BCUT2D eigenvalue weighted by Gasteiger charge is -2.36. The average Bonchev–Trinajstić information content (AvgIpc) is 3.23. The van der Waals surface area contributed by atoms with Crippen molar-refractivity contribution in [3.8, 4) is 17.2 Å². The second-order valence-electron chi connectivity index (χ2n) is 13.8. The van der Waals surface area contributed by atoms with Gasteiger partial charge < -0.3 is 72.9 Å². The molecular formula is C40H58N4O15S. The molecule has 6 N–H and O–H groups in total. The Morgan fingerprint density at radius 2 is 1.62 bits per heavy atom. The number of carbonyl (C=O) groups is 4. The first-order valence-electron chi connectivity index (χ1n) is 19.4. The van der Waals surface area contributed by atoms with Gasteiger partial charge in [0.1, 0.15) is 36.9 Å². The lowest BCUT2D eigenvalue weighted by molar-refractivity contribution is -0.230. The molecular weight excluding hydrogens is 809 g/mol. The number of likely N-dealkylation sites (N-methyl/N-ethyl adjacent to an activating group) is 1. The topological polar surface area (TPSA) is 242 Å². The van der Waals surface area contributed by atoms with Crippen molar-refractivity contribution in [3.63, 3.8) is 0 Å². The number of hydrogen-bond acceptors (Lipinski definition) is 17. The molecule has 0 spiro atoms. The molecule has 60 heavy (non-hydrogen) atoms. The summed E-state index contributed by atoms with van der Waals surface area (Å²) in [5.41, 5.74) is 0.844. The van der Waals surface area contributed by atoms with Crippen LogP contribution in [0.25, 0.3) is 0 Å². The molecule has 1 saturated heterocycles. The number of aliphatic hydroxyl groups is 3. The fourth-order valence-electron chi connectivity index (χ4n) is 5.57. The van der Waals surface area contributed by atoms with Crippen molar-refractivity contribution in [3.05, 3.63) is 66.4 Å². The number of aldehydes is 1. The first-order chi connectivity index (χ1) is 28.9. The minimum Gasteiger partial charge on any atom is -0.461 e. The summed E-state index contributed by atoms with van der Waals surface area (Å²) in [6.45, 7) is 11.3. The molecule has 2 aromatic rings. The van der Waals surface area contributed by atoms with Crippen LogP contribution in [0.3, 0.4) is 0 Å². The van der Waals surface area contributed by atoms with Crippen LogP contribution < -0.4 is 29.1 Å². The lowest BCUT2D eigenvalue weighted by atomic mass is 10.0. The summed E-state index contributed by atoms with van der Waals surface area (Å²) in [5.74, 6) is -0.609. The van der Waals surface area contributed by atoms with Gasteiger partial charge in [-0.3, -0.25) is 14.5 Å². The average molecular weight is 867 g/mol. The van der Waals surface area contributed by atoms with Gasteiger partial charge in [-0.15, -0.1) is 0 Å². The molecule has 0 bridgehead atoms. The molecule has 1 fully saturated rings. The third-order valence-corrected chi connectivity index (χ3v) is 9.22. The van der Waals surface area contributed by atoms with Gasteiger partial charge in [-0.2, -0.15) is 0 Å². The number of aliphatic hydroxyl groups excluding tert-OH is 3. The standard InChI is InChI=1S/C40H58N4O15S/c1-6-41-13-15-52-17-19-54-20-18-53-16-14-42-38(49)29-9-12-32(56-35-22-31(47)37(48)34(24-46)57-35)33(21-29)59-60-58-30-10-7-28(8-11-30)25-55-40(51)44(5)36(26(2)3)39(50)43-27(4)23-45/h6-12,21,23,26-27,31,34-37,41,46-48H,1,13-20,22,24-25H2,2-5H3,(H,42,49)(H,43,50)/t27-,31?,34?,35?,36?,37?/m0/s1. The highest BCUT2D eigenvalue weighted by molar-refractivity contribution is 7.90. The first kappa shape index (κ1) is 49.7. The van der Waals surface area contributed by atoms with Gasteiger partial charge >= 0.3 is 6.09 Å². The summed E-state index contributed by atoms with van der Waals surface area (Å²) >= 11 is 0.563. The van der Waals surface area contributed by atoms with E-state index in [1.807, 2.05) is 0 Å². The molecule has 1 aliphatic rings. The summed E-state index contributed by atoms with van der Waals surface area (Å²) in [7, 11) is 1.45. The van der Waals surface area contributed by atoms with E-state index >= 15 is 0 Å². The molecule has 0 saturated carbocycles. The van der Waals surface area contributed by atoms with Crippen LogP contribution in [0.5, 0.6) is 17.2 Å². The van der Waals surface area contributed by atoms with Crippen molar-refractivity contribution < 1.29 is 71.3 Å². The largest absolute Gasteiger partial charge is 0.461 e. The van der Waals surface area contributed by atoms with E-state index in [-0.39, 0.29) is 49.2 Å². The summed E-state index contributed by atoms with van der Waals surface area (Å²) in [6, 6.07) is 9.39. The molecule has 5 unspecified atom stereocenters. The molecule has 1 heterocycles. The van der Waals surface area contributed by atoms with Crippen molar-refractivity contribution in [2.75, 3.05) is 66.4 Å². The Balaban J connectivity index is 1.54. The Hall–Kier alpha value is -4.67. The lowest BCUT2D eigenvalue weighted by Crippen LogP contribution is -2.52. The number of hydrogen-bond donors (Lipinski definition) is 6. The molecule has 334 valence electrons. The summed E-state index contributed by atoms with van der Waals surface area (Å²) in [5, 5.41) is 38.3. The predicted molar refractivity (Wildman–Crippen MR) is 218 cm³/mol. The molecule has 20 heteroatoms. The molecule has 1 aliphatic heterocycles. The van der Waals surface area contributed by atoms with E-state index in [4.69, 9.17) is 36.8 Å². The van der Waals surface area contributed by atoms with Crippen molar-refractivity contribution >= 4 is 36.5 Å². The second kappa shape index (κ2) is 27.2. The quantitative estimate of drug-likeness (QED) is 0.0405. The molecule has 3 amide bonds. The van der Waals surface area contributed by atoms with E-state index in [0.717, 1.165) is 0 Å². The van der Waals surface area contributed by atoms with E-state index in [1.165, 1.54) is 37.1 Å². The summed E-state index contributed by atoms with van der Waals surface area (Å²) in [6.07, 6.45) is -3.31. The van der Waals surface area contributed by atoms with Gasteiger partial charge in [0.15, 0.2) is 11.5 Å². The SMILES string of the molecule is C=CNCCOCCOCCOCCNC(=O)c1ccc(OC2CC(O)C(O)C(CO)O2)c(OSOc2ccc(COC(=O)N(C)C(C(=O)N[C@@H](C)C=O)C(C)C)cc2)c1. The van der Waals surface area contributed by atoms with Gasteiger partial charge in [0, 0.05) is 32.1 Å². The highest BCUT2D eigenvalue weighted by Crippen LogP contribution is 2.35. The first-order valence-corrected chi connectivity index (χ1v) is 20.1. The van der Waals surface area contributed by atoms with E-state index < -0.39 is 61.2 Å². The van der Waals surface area contributed by atoms with Crippen LogP contribution in [0.2, 0.25) is 0 Å². The molecule has 19 nitrogen and oxygen atoms in total. The minimum absolute atomic E-state index is 0.0633. The van der Waals surface area contributed by atoms with E-state index in [9.17, 15) is 34.5 Å². The minimum atomic E-state index is -1.30. The molecule has 0 radical (unpaired) electrons. The smallest absolute Gasteiger partial charge is 0.410 e. The molecule has 6 atom stereocenters. The van der Waals surface area contributed by atoms with Crippen LogP contribution in [-0.4, -0.2) is 147 Å². The van der Waals surface area contributed by atoms with Crippen molar-refractivity contribution in [2.45, 2.75) is 70.5 Å². The van der Waals surface area contributed by atoms with Crippen molar-refractivity contribution in [1.82, 2.24) is 20.9 Å². The number of nitrogens with zero attached hydrogens (tertiary/aromatic N) is 1. The van der Waals surface area contributed by atoms with Gasteiger partial charge in [0.2, 0.25) is 12.2 Å². The van der Waals surface area contributed by atoms with Crippen LogP contribution in [-0.2, 0) is 39.9 Å². The van der Waals surface area contributed by atoms with Crippen LogP contribution in [0.1, 0.15) is 43.1 Å². The maximum atomic E-state index is 13.0. The van der Waals surface area contributed by atoms with Gasteiger partial charge in [-0.1, -0.05) is 32.6 Å². The fraction of sp³-hybridized carbons (Fsp3) is 0.550. The summed E-state index contributed by atoms with van der Waals surface area (Å²) in [4.78, 5) is 50.7. The van der Waals surface area contributed by atoms with Gasteiger partial charge in [0.05, 0.1) is 58.4 Å². The summed E-state index contributed by atoms with van der Waals surface area (Å²) < 4.78 is 44.9. The molecule has 2 aromatic carbocycles. The van der Waals surface area contributed by atoms with Crippen LogP contribution in [0.15, 0.2) is 55.2 Å². The highest BCUT2D eigenvalue weighted by atomic mass is 32.2. The monoisotopic (exact) mass is 866 g/mol. The molecule has 0 aliphatic carbocycles. The Labute approximate surface area is 354 Å². The number of carbonyl (C=O) groups excluding carboxylic acids is 4. The van der Waals surface area contributed by atoms with Gasteiger partial charge in [-0.05, 0) is 54.9 Å². The number of ether oxygens (including phenoxy) is 6. The normalized spacial score (nSPS) is 18.4. The predicted octanol–water partition coefficient (Wildman–Crippen LogP) is 1.72. The Kier molecular flexibility index (Phi) is 22.6. The number of amides is 3. The Morgan fingerprint density at radius 3 is 2.25 bits per heavy atom. The zero-order valence-electron chi connectivity index (χ0n) is 34.3. The second-order valence-corrected chi connectivity index (χ2v) is 14.2. The van der Waals surface area contributed by atoms with E-state index in [0.29, 0.717) is 69.5 Å². The third kappa shape index (κ3) is 17.1. The van der Waals surface area contributed by atoms with E-state index in [2.05, 4.69) is 22.5 Å².